The lowest BCUT2D eigenvalue weighted by atomic mass is 10.0. The molecule has 0 saturated carbocycles. The highest BCUT2D eigenvalue weighted by molar-refractivity contribution is 7.89. The number of rotatable bonds is 7. The highest BCUT2D eigenvalue weighted by atomic mass is 32.2. The number of benzene rings is 1. The van der Waals surface area contributed by atoms with Crippen molar-refractivity contribution < 1.29 is 22.7 Å². The summed E-state index contributed by atoms with van der Waals surface area (Å²) in [5, 5.41) is 13.0. The van der Waals surface area contributed by atoms with Crippen LogP contribution in [0.15, 0.2) is 45.9 Å². The van der Waals surface area contributed by atoms with Crippen LogP contribution in [-0.2, 0) is 21.2 Å². The summed E-state index contributed by atoms with van der Waals surface area (Å²) in [7, 11) is -3.80. The van der Waals surface area contributed by atoms with Gasteiger partial charge < -0.3 is 14.8 Å². The molecule has 8 heteroatoms. The number of sulfonamides is 1. The molecule has 136 valence electrons. The molecule has 0 spiro atoms. The minimum atomic E-state index is -3.80. The standard InChI is InChI=1S/C17H22N2O5S/c1-12-9-14(19-13(2)20)6-7-16(12)25(22,23)18-11-17(3,21)10-15-5-4-8-24-15/h4-9,18,21H,10-11H2,1-3H3,(H,19,20). The van der Waals surface area contributed by atoms with Crippen molar-refractivity contribution in [1.82, 2.24) is 4.72 Å². The molecule has 0 fully saturated rings. The molecule has 0 saturated heterocycles. The van der Waals surface area contributed by atoms with E-state index >= 15 is 0 Å². The predicted octanol–water partition coefficient (Wildman–Crippen LogP) is 1.82. The second kappa shape index (κ2) is 7.38. The van der Waals surface area contributed by atoms with E-state index in [9.17, 15) is 18.3 Å². The molecule has 1 heterocycles. The van der Waals surface area contributed by atoms with Crippen molar-refractivity contribution in [3.8, 4) is 0 Å². The first-order chi connectivity index (χ1) is 11.6. The van der Waals surface area contributed by atoms with Crippen molar-refractivity contribution in [2.24, 2.45) is 0 Å². The molecule has 7 nitrogen and oxygen atoms in total. The molecule has 0 aliphatic rings. The van der Waals surface area contributed by atoms with Gasteiger partial charge in [0.25, 0.3) is 0 Å². The van der Waals surface area contributed by atoms with Gasteiger partial charge in [-0.1, -0.05) is 0 Å². The number of anilines is 1. The lowest BCUT2D eigenvalue weighted by molar-refractivity contribution is -0.114. The second-order valence-electron chi connectivity index (χ2n) is 6.24. The summed E-state index contributed by atoms with van der Waals surface area (Å²) in [6.07, 6.45) is 1.68. The van der Waals surface area contributed by atoms with Gasteiger partial charge in [-0.15, -0.1) is 0 Å². The van der Waals surface area contributed by atoms with E-state index in [0.717, 1.165) is 0 Å². The van der Waals surface area contributed by atoms with Crippen LogP contribution in [0.1, 0.15) is 25.2 Å². The van der Waals surface area contributed by atoms with Gasteiger partial charge in [0.1, 0.15) is 5.76 Å². The molecule has 0 aliphatic heterocycles. The summed E-state index contributed by atoms with van der Waals surface area (Å²) in [5.41, 5.74) is -0.284. The van der Waals surface area contributed by atoms with Gasteiger partial charge in [-0.25, -0.2) is 13.1 Å². The van der Waals surface area contributed by atoms with E-state index in [4.69, 9.17) is 4.42 Å². The Morgan fingerprint density at radius 3 is 2.60 bits per heavy atom. The largest absolute Gasteiger partial charge is 0.469 e. The highest BCUT2D eigenvalue weighted by Gasteiger charge is 2.26. The highest BCUT2D eigenvalue weighted by Crippen LogP contribution is 2.20. The van der Waals surface area contributed by atoms with E-state index in [0.29, 0.717) is 17.0 Å². The van der Waals surface area contributed by atoms with Crippen molar-refractivity contribution in [2.45, 2.75) is 37.7 Å². The second-order valence-corrected chi connectivity index (χ2v) is 7.97. The molecule has 1 aromatic heterocycles. The Kier molecular flexibility index (Phi) is 5.66. The number of aliphatic hydroxyl groups is 1. The first kappa shape index (κ1) is 19.2. The molecule has 0 radical (unpaired) electrons. The molecular weight excluding hydrogens is 344 g/mol. The van der Waals surface area contributed by atoms with Crippen molar-refractivity contribution >= 4 is 21.6 Å². The number of amides is 1. The Morgan fingerprint density at radius 1 is 1.32 bits per heavy atom. The van der Waals surface area contributed by atoms with Gasteiger partial charge in [0.05, 0.1) is 16.8 Å². The SMILES string of the molecule is CC(=O)Nc1ccc(S(=O)(=O)NCC(C)(O)Cc2ccco2)c(C)c1. The van der Waals surface area contributed by atoms with Gasteiger partial charge in [-0.05, 0) is 49.7 Å². The maximum atomic E-state index is 12.5. The number of aryl methyl sites for hydroxylation is 1. The van der Waals surface area contributed by atoms with E-state index in [1.54, 1.807) is 25.1 Å². The zero-order valence-electron chi connectivity index (χ0n) is 14.4. The third-order valence-electron chi connectivity index (χ3n) is 3.56. The molecule has 2 aromatic rings. The van der Waals surface area contributed by atoms with Crippen LogP contribution in [0.2, 0.25) is 0 Å². The zero-order valence-corrected chi connectivity index (χ0v) is 15.2. The molecular formula is C17H22N2O5S. The summed E-state index contributed by atoms with van der Waals surface area (Å²) >= 11 is 0. The van der Waals surface area contributed by atoms with Gasteiger partial charge >= 0.3 is 0 Å². The zero-order chi connectivity index (χ0) is 18.7. The van der Waals surface area contributed by atoms with Gasteiger partial charge in [-0.3, -0.25) is 4.79 Å². The van der Waals surface area contributed by atoms with E-state index in [1.807, 2.05) is 0 Å². The van der Waals surface area contributed by atoms with Gasteiger partial charge in [0, 0.05) is 25.6 Å². The third kappa shape index (κ3) is 5.42. The monoisotopic (exact) mass is 366 g/mol. The van der Waals surface area contributed by atoms with Gasteiger partial charge in [0.2, 0.25) is 15.9 Å². The molecule has 1 unspecified atom stereocenters. The molecule has 0 bridgehead atoms. The maximum Gasteiger partial charge on any atom is 0.240 e. The number of carbonyl (C=O) groups is 1. The summed E-state index contributed by atoms with van der Waals surface area (Å²) in [6, 6.07) is 7.94. The lowest BCUT2D eigenvalue weighted by Crippen LogP contribution is -2.42. The quantitative estimate of drug-likeness (QED) is 0.693. The van der Waals surface area contributed by atoms with E-state index in [2.05, 4.69) is 10.0 Å². The molecule has 1 atom stereocenters. The van der Waals surface area contributed by atoms with Crippen LogP contribution >= 0.6 is 0 Å². The number of nitrogens with one attached hydrogen (secondary N) is 2. The van der Waals surface area contributed by atoms with Gasteiger partial charge in [-0.2, -0.15) is 0 Å². The normalized spacial score (nSPS) is 14.1. The molecule has 3 N–H and O–H groups in total. The topological polar surface area (TPSA) is 109 Å². The molecule has 25 heavy (non-hydrogen) atoms. The first-order valence-corrected chi connectivity index (χ1v) is 9.20. The van der Waals surface area contributed by atoms with Crippen LogP contribution in [0, 0.1) is 6.92 Å². The Hall–Kier alpha value is -2.16. The lowest BCUT2D eigenvalue weighted by Gasteiger charge is -2.23. The minimum Gasteiger partial charge on any atom is -0.469 e. The minimum absolute atomic E-state index is 0.0930. The van der Waals surface area contributed by atoms with Crippen molar-refractivity contribution in [1.29, 1.82) is 0 Å². The summed E-state index contributed by atoms with van der Waals surface area (Å²) in [5.74, 6) is 0.335. The summed E-state index contributed by atoms with van der Waals surface area (Å²) in [4.78, 5) is 11.2. The van der Waals surface area contributed by atoms with Crippen LogP contribution in [0.4, 0.5) is 5.69 Å². The van der Waals surface area contributed by atoms with Crippen LogP contribution in [0.5, 0.6) is 0 Å². The first-order valence-electron chi connectivity index (χ1n) is 7.72. The Labute approximate surface area is 147 Å². The van der Waals surface area contributed by atoms with Crippen LogP contribution in [-0.4, -0.2) is 31.6 Å². The van der Waals surface area contributed by atoms with E-state index < -0.39 is 15.6 Å². The Bertz CT molecular complexity index is 842. The number of carbonyl (C=O) groups excluding carboxylic acids is 1. The maximum absolute atomic E-state index is 12.5. The fourth-order valence-corrected chi connectivity index (χ4v) is 3.80. The van der Waals surface area contributed by atoms with E-state index in [-0.39, 0.29) is 23.8 Å². The number of hydrogen-bond donors (Lipinski definition) is 3. The van der Waals surface area contributed by atoms with Crippen molar-refractivity contribution in [3.05, 3.63) is 47.9 Å². The molecule has 1 aromatic carbocycles. The smallest absolute Gasteiger partial charge is 0.240 e. The average molecular weight is 366 g/mol. The van der Waals surface area contributed by atoms with Crippen LogP contribution < -0.4 is 10.0 Å². The summed E-state index contributed by atoms with van der Waals surface area (Å²) in [6.45, 7) is 4.39. The fraction of sp³-hybridized carbons (Fsp3) is 0.353. The van der Waals surface area contributed by atoms with Crippen LogP contribution in [0.3, 0.4) is 0 Å². The number of hydrogen-bond acceptors (Lipinski definition) is 5. The predicted molar refractivity (Wildman–Crippen MR) is 93.7 cm³/mol. The Balaban J connectivity index is 2.09. The van der Waals surface area contributed by atoms with Gasteiger partial charge in [0.15, 0.2) is 0 Å². The van der Waals surface area contributed by atoms with Crippen LogP contribution in [0.25, 0.3) is 0 Å². The van der Waals surface area contributed by atoms with Crippen molar-refractivity contribution in [3.63, 3.8) is 0 Å². The molecule has 2 rings (SSSR count). The Morgan fingerprint density at radius 2 is 2.04 bits per heavy atom. The summed E-state index contributed by atoms with van der Waals surface area (Å²) < 4.78 is 32.6. The molecule has 0 aliphatic carbocycles. The number of furan rings is 1. The molecule has 1 amide bonds. The third-order valence-corrected chi connectivity index (χ3v) is 5.12. The van der Waals surface area contributed by atoms with E-state index in [1.165, 1.54) is 32.2 Å². The van der Waals surface area contributed by atoms with Crippen molar-refractivity contribution in [2.75, 3.05) is 11.9 Å². The fourth-order valence-electron chi connectivity index (χ4n) is 2.41. The average Bonchev–Trinajstić information content (AvgIpc) is 2.97.